The van der Waals surface area contributed by atoms with E-state index in [4.69, 9.17) is 19.9 Å². The van der Waals surface area contributed by atoms with Gasteiger partial charge in [0.15, 0.2) is 11.5 Å². The zero-order valence-electron chi connectivity index (χ0n) is 15.9. The van der Waals surface area contributed by atoms with Gasteiger partial charge < -0.3 is 29.7 Å². The predicted octanol–water partition coefficient (Wildman–Crippen LogP) is 2.22. The van der Waals surface area contributed by atoms with Crippen LogP contribution in [0.2, 0.25) is 0 Å². The Morgan fingerprint density at radius 2 is 2.11 bits per heavy atom. The third-order valence-corrected chi connectivity index (χ3v) is 4.25. The van der Waals surface area contributed by atoms with Crippen LogP contribution in [0.4, 0.5) is 5.69 Å². The molecule has 2 aromatic heterocycles. The zero-order valence-corrected chi connectivity index (χ0v) is 15.9. The molecule has 3 rings (SSSR count). The summed E-state index contributed by atoms with van der Waals surface area (Å²) >= 11 is 0. The van der Waals surface area contributed by atoms with Gasteiger partial charge in [-0.25, -0.2) is 4.98 Å². The highest BCUT2D eigenvalue weighted by Crippen LogP contribution is 2.31. The summed E-state index contributed by atoms with van der Waals surface area (Å²) in [5.41, 5.74) is 7.79. The first-order valence-corrected chi connectivity index (χ1v) is 8.89. The van der Waals surface area contributed by atoms with E-state index in [1.165, 1.54) is 7.11 Å². The highest BCUT2D eigenvalue weighted by atomic mass is 16.5. The minimum atomic E-state index is -0.316. The maximum atomic E-state index is 12.2. The highest BCUT2D eigenvalue weighted by molar-refractivity contribution is 5.91. The Labute approximate surface area is 163 Å². The summed E-state index contributed by atoms with van der Waals surface area (Å²) in [5.74, 6) is 0.895. The van der Waals surface area contributed by atoms with Crippen molar-refractivity contribution in [2.45, 2.75) is 19.1 Å². The highest BCUT2D eigenvalue weighted by Gasteiger charge is 2.13. The molecule has 0 bridgehead atoms. The van der Waals surface area contributed by atoms with E-state index in [9.17, 15) is 4.79 Å². The summed E-state index contributed by atoms with van der Waals surface area (Å²) in [4.78, 5) is 16.7. The molecule has 148 valence electrons. The number of pyridine rings is 1. The van der Waals surface area contributed by atoms with Gasteiger partial charge in [0.1, 0.15) is 12.3 Å². The van der Waals surface area contributed by atoms with Crippen LogP contribution in [0.1, 0.15) is 12.1 Å². The van der Waals surface area contributed by atoms with Gasteiger partial charge in [0, 0.05) is 37.8 Å². The average Bonchev–Trinajstić information content (AvgIpc) is 3.13. The second kappa shape index (κ2) is 9.20. The minimum absolute atomic E-state index is 0.177. The fourth-order valence-electron chi connectivity index (χ4n) is 2.76. The largest absolute Gasteiger partial charge is 0.493 e. The van der Waals surface area contributed by atoms with E-state index in [2.05, 4.69) is 10.3 Å². The van der Waals surface area contributed by atoms with Crippen molar-refractivity contribution in [3.05, 3.63) is 54.5 Å². The number of aromatic nitrogens is 2. The molecule has 8 nitrogen and oxygen atoms in total. The van der Waals surface area contributed by atoms with Gasteiger partial charge in [-0.3, -0.25) is 4.79 Å². The molecule has 3 aromatic rings. The molecule has 2 heterocycles. The van der Waals surface area contributed by atoms with E-state index >= 15 is 0 Å². The predicted molar refractivity (Wildman–Crippen MR) is 106 cm³/mol. The van der Waals surface area contributed by atoms with Crippen molar-refractivity contribution in [1.82, 2.24) is 9.38 Å². The van der Waals surface area contributed by atoms with Crippen molar-refractivity contribution in [1.29, 1.82) is 0 Å². The maximum absolute atomic E-state index is 12.2. The van der Waals surface area contributed by atoms with E-state index in [0.717, 1.165) is 11.3 Å². The summed E-state index contributed by atoms with van der Waals surface area (Å²) in [6.07, 6.45) is 3.70. The van der Waals surface area contributed by atoms with Crippen LogP contribution in [0.15, 0.2) is 48.8 Å². The number of fused-ring (bicyclic) bond motifs is 1. The lowest BCUT2D eigenvalue weighted by Crippen LogP contribution is -2.28. The second-order valence-electron chi connectivity index (χ2n) is 6.20. The SMILES string of the molecule is COc1ccc(NC(=O)CC(CN)OC)cc1OCc1cn2ccccc2n1. The van der Waals surface area contributed by atoms with Crippen LogP contribution in [0.25, 0.3) is 5.65 Å². The summed E-state index contributed by atoms with van der Waals surface area (Å²) in [6.45, 7) is 0.550. The molecule has 0 spiro atoms. The van der Waals surface area contributed by atoms with Gasteiger partial charge >= 0.3 is 0 Å². The standard InChI is InChI=1S/C20H24N4O4/c1-26-16(11-21)10-20(25)23-14-6-7-17(27-2)18(9-14)28-13-15-12-24-8-4-3-5-19(24)22-15/h3-9,12,16H,10-11,13,21H2,1-2H3,(H,23,25). The van der Waals surface area contributed by atoms with Crippen LogP contribution >= 0.6 is 0 Å². The number of nitrogens with zero attached hydrogens (tertiary/aromatic N) is 2. The molecule has 28 heavy (non-hydrogen) atoms. The number of anilines is 1. The molecule has 0 aliphatic carbocycles. The first-order chi connectivity index (χ1) is 13.6. The third-order valence-electron chi connectivity index (χ3n) is 4.25. The lowest BCUT2D eigenvalue weighted by molar-refractivity contribution is -0.118. The molecule has 1 unspecified atom stereocenters. The monoisotopic (exact) mass is 384 g/mol. The quantitative estimate of drug-likeness (QED) is 0.587. The van der Waals surface area contributed by atoms with E-state index in [-0.39, 0.29) is 31.6 Å². The molecule has 0 aliphatic heterocycles. The van der Waals surface area contributed by atoms with E-state index in [1.807, 2.05) is 35.0 Å². The molecule has 1 aromatic carbocycles. The van der Waals surface area contributed by atoms with Crippen molar-refractivity contribution in [2.75, 3.05) is 26.1 Å². The molecule has 0 radical (unpaired) electrons. The lowest BCUT2D eigenvalue weighted by atomic mass is 10.2. The Bertz CT molecular complexity index is 904. The van der Waals surface area contributed by atoms with Gasteiger partial charge in [0.25, 0.3) is 0 Å². The number of rotatable bonds is 9. The average molecular weight is 384 g/mol. The number of nitrogens with two attached hydrogens (primary N) is 1. The Kier molecular flexibility index (Phi) is 6.46. The van der Waals surface area contributed by atoms with Crippen molar-refractivity contribution in [3.8, 4) is 11.5 Å². The molecule has 3 N–H and O–H groups in total. The topological polar surface area (TPSA) is 100 Å². The number of imidazole rings is 1. The number of methoxy groups -OCH3 is 2. The van der Waals surface area contributed by atoms with Gasteiger partial charge in [-0.05, 0) is 24.3 Å². The number of carbonyl (C=O) groups is 1. The number of hydrogen-bond donors (Lipinski definition) is 2. The molecule has 0 aliphatic rings. The van der Waals surface area contributed by atoms with Crippen molar-refractivity contribution >= 4 is 17.2 Å². The van der Waals surface area contributed by atoms with E-state index in [1.54, 1.807) is 25.3 Å². The van der Waals surface area contributed by atoms with Gasteiger partial charge in [-0.2, -0.15) is 0 Å². The summed E-state index contributed by atoms with van der Waals surface area (Å²) in [6, 6.07) is 11.0. The summed E-state index contributed by atoms with van der Waals surface area (Å²) in [5, 5.41) is 2.82. The van der Waals surface area contributed by atoms with Crippen molar-refractivity contribution in [2.24, 2.45) is 5.73 Å². The van der Waals surface area contributed by atoms with Crippen LogP contribution in [0.3, 0.4) is 0 Å². The Hall–Kier alpha value is -3.10. The molecule has 0 fully saturated rings. The van der Waals surface area contributed by atoms with Crippen LogP contribution in [0.5, 0.6) is 11.5 Å². The summed E-state index contributed by atoms with van der Waals surface area (Å²) < 4.78 is 18.3. The van der Waals surface area contributed by atoms with Crippen LogP contribution in [-0.2, 0) is 16.1 Å². The molecular formula is C20H24N4O4. The Morgan fingerprint density at radius 3 is 2.82 bits per heavy atom. The minimum Gasteiger partial charge on any atom is -0.493 e. The van der Waals surface area contributed by atoms with Gasteiger partial charge in [0.05, 0.1) is 25.3 Å². The zero-order chi connectivity index (χ0) is 19.9. The lowest BCUT2D eigenvalue weighted by Gasteiger charge is -2.14. The normalized spacial score (nSPS) is 12.0. The van der Waals surface area contributed by atoms with Gasteiger partial charge in [-0.15, -0.1) is 0 Å². The molecule has 0 saturated carbocycles. The van der Waals surface area contributed by atoms with Crippen molar-refractivity contribution < 1.29 is 19.0 Å². The number of nitrogens with one attached hydrogen (secondary N) is 1. The van der Waals surface area contributed by atoms with E-state index in [0.29, 0.717) is 17.2 Å². The fraction of sp³-hybridized carbons (Fsp3) is 0.300. The smallest absolute Gasteiger partial charge is 0.227 e. The van der Waals surface area contributed by atoms with Gasteiger partial charge in [-0.1, -0.05) is 6.07 Å². The molecular weight excluding hydrogens is 360 g/mol. The molecule has 8 heteroatoms. The third kappa shape index (κ3) is 4.79. The van der Waals surface area contributed by atoms with E-state index < -0.39 is 0 Å². The van der Waals surface area contributed by atoms with Crippen LogP contribution in [-0.4, -0.2) is 42.2 Å². The molecule has 1 amide bonds. The van der Waals surface area contributed by atoms with Crippen LogP contribution < -0.4 is 20.5 Å². The number of ether oxygens (including phenoxy) is 3. The van der Waals surface area contributed by atoms with Crippen molar-refractivity contribution in [3.63, 3.8) is 0 Å². The Balaban J connectivity index is 1.69. The number of benzene rings is 1. The fourth-order valence-corrected chi connectivity index (χ4v) is 2.76. The first-order valence-electron chi connectivity index (χ1n) is 8.89. The Morgan fingerprint density at radius 1 is 1.25 bits per heavy atom. The molecule has 1 atom stereocenters. The maximum Gasteiger partial charge on any atom is 0.227 e. The molecule has 0 saturated heterocycles. The number of hydrogen-bond acceptors (Lipinski definition) is 6. The number of amides is 1. The first kappa shape index (κ1) is 19.7. The number of carbonyl (C=O) groups excluding carboxylic acids is 1. The second-order valence-corrected chi connectivity index (χ2v) is 6.20. The van der Waals surface area contributed by atoms with Gasteiger partial charge in [0.2, 0.25) is 5.91 Å². The van der Waals surface area contributed by atoms with Crippen LogP contribution in [0, 0.1) is 0 Å². The summed E-state index contributed by atoms with van der Waals surface area (Å²) in [7, 11) is 3.10.